The summed E-state index contributed by atoms with van der Waals surface area (Å²) in [5.74, 6) is 0.995. The Morgan fingerprint density at radius 1 is 1.40 bits per heavy atom. The van der Waals surface area contributed by atoms with Crippen molar-refractivity contribution in [2.24, 2.45) is 5.73 Å². The number of hydrogen-bond donors (Lipinski definition) is 3. The lowest BCUT2D eigenvalue weighted by Gasteiger charge is -2.11. The molecule has 0 aliphatic carbocycles. The number of H-pyrrole nitrogens is 1. The van der Waals surface area contributed by atoms with E-state index in [1.165, 1.54) is 6.20 Å². The minimum atomic E-state index is -0.439. The number of rotatable bonds is 2. The molecule has 0 bridgehead atoms. The molecule has 15 heavy (non-hydrogen) atoms. The van der Waals surface area contributed by atoms with E-state index < -0.39 is 6.04 Å². The third-order valence-corrected chi connectivity index (χ3v) is 2.27. The molecular weight excluding hydrogens is 214 g/mol. The molecule has 5 N–H and O–H groups in total. The van der Waals surface area contributed by atoms with Crippen LogP contribution in [0.3, 0.4) is 0 Å². The second-order valence-corrected chi connectivity index (χ2v) is 3.52. The van der Waals surface area contributed by atoms with Crippen LogP contribution in [0.5, 0.6) is 0 Å². The molecule has 2 aromatic rings. The fourth-order valence-corrected chi connectivity index (χ4v) is 1.48. The Hall–Kier alpha value is -1.59. The number of nitrogens with zero attached hydrogens (tertiary/aromatic N) is 2. The fourth-order valence-electron chi connectivity index (χ4n) is 1.31. The van der Waals surface area contributed by atoms with Crippen molar-refractivity contribution in [2.75, 3.05) is 5.73 Å². The van der Waals surface area contributed by atoms with Gasteiger partial charge in [-0.2, -0.15) is 0 Å². The van der Waals surface area contributed by atoms with Crippen LogP contribution >= 0.6 is 11.6 Å². The van der Waals surface area contributed by atoms with Gasteiger partial charge in [-0.15, -0.1) is 0 Å². The molecule has 0 aliphatic rings. The lowest BCUT2D eigenvalue weighted by molar-refractivity contribution is 0.799. The van der Waals surface area contributed by atoms with E-state index in [0.717, 1.165) is 0 Å². The SMILES string of the molecule is Nc1ncc(Cl)cc1C(N)c1ncc[nH]1. The third-order valence-electron chi connectivity index (χ3n) is 2.07. The first-order valence-corrected chi connectivity index (χ1v) is 4.72. The molecule has 2 heterocycles. The second kappa shape index (κ2) is 3.88. The van der Waals surface area contributed by atoms with Crippen LogP contribution in [0.15, 0.2) is 24.7 Å². The number of aromatic nitrogens is 3. The Morgan fingerprint density at radius 3 is 2.87 bits per heavy atom. The second-order valence-electron chi connectivity index (χ2n) is 3.08. The maximum atomic E-state index is 5.96. The summed E-state index contributed by atoms with van der Waals surface area (Å²) in [6.07, 6.45) is 4.81. The van der Waals surface area contributed by atoms with Gasteiger partial charge in [-0.1, -0.05) is 11.6 Å². The smallest absolute Gasteiger partial charge is 0.128 e. The van der Waals surface area contributed by atoms with Crippen molar-refractivity contribution in [2.45, 2.75) is 6.04 Å². The van der Waals surface area contributed by atoms with Gasteiger partial charge in [-0.3, -0.25) is 0 Å². The zero-order valence-corrected chi connectivity index (χ0v) is 8.57. The highest BCUT2D eigenvalue weighted by molar-refractivity contribution is 6.30. The zero-order chi connectivity index (χ0) is 10.8. The topological polar surface area (TPSA) is 93.6 Å². The van der Waals surface area contributed by atoms with Crippen LogP contribution in [-0.4, -0.2) is 15.0 Å². The third kappa shape index (κ3) is 1.93. The first-order valence-electron chi connectivity index (χ1n) is 4.34. The molecule has 0 saturated carbocycles. The summed E-state index contributed by atoms with van der Waals surface area (Å²) in [6, 6.07) is 1.25. The number of pyridine rings is 1. The zero-order valence-electron chi connectivity index (χ0n) is 7.81. The van der Waals surface area contributed by atoms with Crippen molar-refractivity contribution in [3.05, 3.63) is 41.1 Å². The quantitative estimate of drug-likeness (QED) is 0.710. The average molecular weight is 224 g/mol. The van der Waals surface area contributed by atoms with E-state index in [9.17, 15) is 0 Å². The molecule has 0 aromatic carbocycles. The molecule has 5 nitrogen and oxygen atoms in total. The van der Waals surface area contributed by atoms with Crippen LogP contribution in [-0.2, 0) is 0 Å². The molecule has 0 radical (unpaired) electrons. The van der Waals surface area contributed by atoms with Gasteiger partial charge in [0.25, 0.3) is 0 Å². The molecule has 78 valence electrons. The molecule has 2 aromatic heterocycles. The van der Waals surface area contributed by atoms with E-state index >= 15 is 0 Å². The van der Waals surface area contributed by atoms with Crippen molar-refractivity contribution >= 4 is 17.4 Å². The number of nitrogens with one attached hydrogen (secondary N) is 1. The first-order chi connectivity index (χ1) is 7.18. The van der Waals surface area contributed by atoms with Crippen LogP contribution in [0.4, 0.5) is 5.82 Å². The van der Waals surface area contributed by atoms with Gasteiger partial charge in [0.2, 0.25) is 0 Å². The lowest BCUT2D eigenvalue weighted by Crippen LogP contribution is -2.16. The summed E-state index contributed by atoms with van der Waals surface area (Å²) in [4.78, 5) is 10.9. The lowest BCUT2D eigenvalue weighted by atomic mass is 10.1. The maximum absolute atomic E-state index is 5.96. The molecule has 6 heteroatoms. The Bertz CT molecular complexity index is 454. The van der Waals surface area contributed by atoms with Gasteiger partial charge in [0.15, 0.2) is 0 Å². The molecule has 0 amide bonds. The van der Waals surface area contributed by atoms with Gasteiger partial charge in [0.05, 0.1) is 11.1 Å². The minimum Gasteiger partial charge on any atom is -0.383 e. The normalized spacial score (nSPS) is 12.7. The highest BCUT2D eigenvalue weighted by Gasteiger charge is 2.15. The van der Waals surface area contributed by atoms with Crippen molar-refractivity contribution in [3.63, 3.8) is 0 Å². The van der Waals surface area contributed by atoms with Gasteiger partial charge in [-0.25, -0.2) is 9.97 Å². The van der Waals surface area contributed by atoms with Crippen LogP contribution in [0.2, 0.25) is 5.02 Å². The van der Waals surface area contributed by atoms with Gasteiger partial charge >= 0.3 is 0 Å². The first kappa shape index (κ1) is 9.95. The van der Waals surface area contributed by atoms with Crippen molar-refractivity contribution < 1.29 is 0 Å². The van der Waals surface area contributed by atoms with Crippen LogP contribution in [0, 0.1) is 0 Å². The number of nitrogens with two attached hydrogens (primary N) is 2. The van der Waals surface area contributed by atoms with Crippen LogP contribution < -0.4 is 11.5 Å². The van der Waals surface area contributed by atoms with E-state index in [4.69, 9.17) is 23.1 Å². The Kier molecular flexibility index (Phi) is 2.57. The van der Waals surface area contributed by atoms with E-state index in [2.05, 4.69) is 15.0 Å². The standard InChI is InChI=1S/C9H10ClN5/c10-5-3-6(8(12)15-4-5)7(11)9-13-1-2-14-9/h1-4,7H,11H2,(H2,12,15)(H,13,14). The maximum Gasteiger partial charge on any atom is 0.128 e. The van der Waals surface area contributed by atoms with Gasteiger partial charge in [0.1, 0.15) is 11.6 Å². The summed E-state index contributed by atoms with van der Waals surface area (Å²) >= 11 is 5.82. The summed E-state index contributed by atoms with van der Waals surface area (Å²) in [5, 5.41) is 0.501. The van der Waals surface area contributed by atoms with Gasteiger partial charge in [0, 0.05) is 24.2 Å². The van der Waals surface area contributed by atoms with Gasteiger partial charge in [-0.05, 0) is 6.07 Å². The number of aromatic amines is 1. The molecule has 0 aliphatic heterocycles. The number of nitrogen functional groups attached to an aromatic ring is 1. The Balaban J connectivity index is 2.41. The Labute approximate surface area is 91.5 Å². The molecule has 1 atom stereocenters. The molecule has 2 rings (SSSR count). The van der Waals surface area contributed by atoms with Gasteiger partial charge < -0.3 is 16.5 Å². The van der Waals surface area contributed by atoms with E-state index in [1.54, 1.807) is 18.5 Å². The number of anilines is 1. The summed E-state index contributed by atoms with van der Waals surface area (Å²) < 4.78 is 0. The Morgan fingerprint density at radius 2 is 2.20 bits per heavy atom. The summed E-state index contributed by atoms with van der Waals surface area (Å²) in [5.41, 5.74) is 12.3. The minimum absolute atomic E-state index is 0.364. The van der Waals surface area contributed by atoms with E-state index in [-0.39, 0.29) is 0 Å². The van der Waals surface area contributed by atoms with Crippen LogP contribution in [0.1, 0.15) is 17.4 Å². The highest BCUT2D eigenvalue weighted by Crippen LogP contribution is 2.23. The van der Waals surface area contributed by atoms with Crippen molar-refractivity contribution in [1.82, 2.24) is 15.0 Å². The van der Waals surface area contributed by atoms with Crippen LogP contribution in [0.25, 0.3) is 0 Å². The monoisotopic (exact) mass is 223 g/mol. The predicted molar refractivity (Wildman–Crippen MR) is 58.3 cm³/mol. The van der Waals surface area contributed by atoms with E-state index in [0.29, 0.717) is 22.2 Å². The number of halogens is 1. The largest absolute Gasteiger partial charge is 0.383 e. The highest BCUT2D eigenvalue weighted by atomic mass is 35.5. The van der Waals surface area contributed by atoms with E-state index in [1.807, 2.05) is 0 Å². The summed E-state index contributed by atoms with van der Waals surface area (Å²) in [7, 11) is 0. The molecular formula is C9H10ClN5. The molecule has 0 fully saturated rings. The number of hydrogen-bond acceptors (Lipinski definition) is 4. The molecule has 0 saturated heterocycles. The predicted octanol–water partition coefficient (Wildman–Crippen LogP) is 1.09. The van der Waals surface area contributed by atoms with Crippen molar-refractivity contribution in [3.8, 4) is 0 Å². The molecule has 1 unspecified atom stereocenters. The summed E-state index contributed by atoms with van der Waals surface area (Å²) in [6.45, 7) is 0. The number of imidazole rings is 1. The average Bonchev–Trinajstić information content (AvgIpc) is 2.74. The van der Waals surface area contributed by atoms with Crippen molar-refractivity contribution in [1.29, 1.82) is 0 Å². The molecule has 0 spiro atoms. The fraction of sp³-hybridized carbons (Fsp3) is 0.111.